The number of aryl methyl sites for hydroxylation is 1. The summed E-state index contributed by atoms with van der Waals surface area (Å²) in [5.74, 6) is -0.0158. The zero-order valence-corrected chi connectivity index (χ0v) is 13.8. The van der Waals surface area contributed by atoms with E-state index in [0.717, 1.165) is 46.9 Å². The summed E-state index contributed by atoms with van der Waals surface area (Å²) in [6.07, 6.45) is 5.04. The molecule has 1 aliphatic rings. The van der Waals surface area contributed by atoms with Crippen LogP contribution in [0.4, 0.5) is 0 Å². The van der Waals surface area contributed by atoms with Crippen molar-refractivity contribution in [3.63, 3.8) is 0 Å². The van der Waals surface area contributed by atoms with Crippen molar-refractivity contribution in [2.24, 2.45) is 0 Å². The Morgan fingerprint density at radius 3 is 2.46 bits per heavy atom. The molecule has 1 fully saturated rings. The lowest BCUT2D eigenvalue weighted by molar-refractivity contribution is 0.0697. The molecule has 0 amide bonds. The van der Waals surface area contributed by atoms with Gasteiger partial charge < -0.3 is 14.4 Å². The number of ether oxygens (including phenoxy) is 1. The first-order valence-corrected chi connectivity index (χ1v) is 8.63. The van der Waals surface area contributed by atoms with E-state index in [2.05, 4.69) is 23.6 Å². The Kier molecular flexibility index (Phi) is 3.68. The number of aromatic carboxylic acids is 1. The second kappa shape index (κ2) is 5.86. The van der Waals surface area contributed by atoms with Crippen molar-refractivity contribution in [2.75, 3.05) is 0 Å². The van der Waals surface area contributed by atoms with Gasteiger partial charge in [0, 0.05) is 28.4 Å². The van der Waals surface area contributed by atoms with E-state index in [-0.39, 0.29) is 0 Å². The van der Waals surface area contributed by atoms with E-state index in [0.29, 0.717) is 11.7 Å². The lowest BCUT2D eigenvalue weighted by Crippen LogP contribution is -2.10. The van der Waals surface area contributed by atoms with E-state index < -0.39 is 5.97 Å². The van der Waals surface area contributed by atoms with Crippen molar-refractivity contribution in [3.05, 3.63) is 42.0 Å². The Morgan fingerprint density at radius 1 is 1.12 bits per heavy atom. The first kappa shape index (κ1) is 15.1. The van der Waals surface area contributed by atoms with Gasteiger partial charge in [-0.25, -0.2) is 4.79 Å². The van der Waals surface area contributed by atoms with Crippen molar-refractivity contribution in [1.82, 2.24) is 4.57 Å². The third kappa shape index (κ3) is 2.42. The minimum Gasteiger partial charge on any atom is -0.490 e. The number of benzene rings is 2. The Balaban J connectivity index is 1.87. The molecule has 0 atom stereocenters. The van der Waals surface area contributed by atoms with Gasteiger partial charge in [0.1, 0.15) is 5.75 Å². The summed E-state index contributed by atoms with van der Waals surface area (Å²) in [6.45, 7) is 2.95. The highest BCUT2D eigenvalue weighted by atomic mass is 16.5. The number of carboxylic acid groups (broad SMARTS) is 1. The first-order chi connectivity index (χ1) is 11.7. The van der Waals surface area contributed by atoms with Gasteiger partial charge in [0.25, 0.3) is 0 Å². The Morgan fingerprint density at radius 2 is 1.79 bits per heavy atom. The molecule has 0 saturated heterocycles. The second-order valence-electron chi connectivity index (χ2n) is 6.48. The van der Waals surface area contributed by atoms with E-state index in [9.17, 15) is 9.90 Å². The summed E-state index contributed by atoms with van der Waals surface area (Å²) in [5, 5.41) is 11.3. The fraction of sp³-hybridized carbons (Fsp3) is 0.350. The van der Waals surface area contributed by atoms with E-state index in [1.54, 1.807) is 12.1 Å². The minimum atomic E-state index is -0.896. The van der Waals surface area contributed by atoms with Crippen LogP contribution in [-0.4, -0.2) is 21.7 Å². The van der Waals surface area contributed by atoms with Crippen LogP contribution < -0.4 is 4.74 Å². The summed E-state index contributed by atoms with van der Waals surface area (Å²) in [7, 11) is 0. The molecule has 0 bridgehead atoms. The molecule has 0 spiro atoms. The predicted molar refractivity (Wildman–Crippen MR) is 95.0 cm³/mol. The molecule has 1 aromatic heterocycles. The fourth-order valence-electron chi connectivity index (χ4n) is 3.83. The molecule has 4 nitrogen and oxygen atoms in total. The number of nitrogens with zero attached hydrogens (tertiary/aromatic N) is 1. The third-order valence-corrected chi connectivity index (χ3v) is 5.00. The number of carbonyl (C=O) groups is 1. The van der Waals surface area contributed by atoms with E-state index in [1.165, 1.54) is 12.8 Å². The van der Waals surface area contributed by atoms with Crippen molar-refractivity contribution < 1.29 is 14.6 Å². The maximum absolute atomic E-state index is 11.3. The SMILES string of the molecule is CCn1c2ccc(OC3CCCC3)cc2c2cc(C(=O)O)ccc21. The number of aromatic nitrogens is 1. The van der Waals surface area contributed by atoms with Crippen LogP contribution in [-0.2, 0) is 6.54 Å². The van der Waals surface area contributed by atoms with Crippen LogP contribution in [0.5, 0.6) is 5.75 Å². The van der Waals surface area contributed by atoms with Crippen LogP contribution in [0.15, 0.2) is 36.4 Å². The fourth-order valence-corrected chi connectivity index (χ4v) is 3.83. The molecular weight excluding hydrogens is 302 g/mol. The van der Waals surface area contributed by atoms with Crippen LogP contribution in [0.25, 0.3) is 21.8 Å². The average molecular weight is 323 g/mol. The molecule has 0 radical (unpaired) electrons. The number of carboxylic acids is 1. The molecule has 1 aliphatic carbocycles. The molecule has 1 heterocycles. The largest absolute Gasteiger partial charge is 0.490 e. The van der Waals surface area contributed by atoms with Gasteiger partial charge in [-0.2, -0.15) is 0 Å². The average Bonchev–Trinajstić information content (AvgIpc) is 3.19. The first-order valence-electron chi connectivity index (χ1n) is 8.63. The van der Waals surface area contributed by atoms with Crippen LogP contribution in [0, 0.1) is 0 Å². The smallest absolute Gasteiger partial charge is 0.335 e. The normalized spacial score (nSPS) is 15.4. The molecule has 124 valence electrons. The number of hydrogen-bond donors (Lipinski definition) is 1. The lowest BCUT2D eigenvalue weighted by Gasteiger charge is -2.13. The van der Waals surface area contributed by atoms with Gasteiger partial charge in [-0.15, -0.1) is 0 Å². The maximum atomic E-state index is 11.3. The van der Waals surface area contributed by atoms with Crippen molar-refractivity contribution >= 4 is 27.8 Å². The third-order valence-electron chi connectivity index (χ3n) is 5.00. The van der Waals surface area contributed by atoms with Gasteiger partial charge in [0.15, 0.2) is 0 Å². The summed E-state index contributed by atoms with van der Waals surface area (Å²) >= 11 is 0. The van der Waals surface area contributed by atoms with Gasteiger partial charge in [0.2, 0.25) is 0 Å². The molecule has 4 heteroatoms. The van der Waals surface area contributed by atoms with Gasteiger partial charge in [-0.05, 0) is 69.0 Å². The molecule has 1 N–H and O–H groups in total. The van der Waals surface area contributed by atoms with Crippen LogP contribution in [0.3, 0.4) is 0 Å². The van der Waals surface area contributed by atoms with Gasteiger partial charge in [0.05, 0.1) is 11.7 Å². The standard InChI is InChI=1S/C20H21NO3/c1-2-21-18-9-7-13(20(22)23)11-16(18)17-12-15(8-10-19(17)21)24-14-5-3-4-6-14/h7-12,14H,2-6H2,1H3,(H,22,23). The summed E-state index contributed by atoms with van der Waals surface area (Å²) < 4.78 is 8.35. The minimum absolute atomic E-state index is 0.316. The quantitative estimate of drug-likeness (QED) is 0.748. The van der Waals surface area contributed by atoms with Crippen LogP contribution in [0.2, 0.25) is 0 Å². The molecule has 2 aromatic carbocycles. The Labute approximate surface area is 140 Å². The van der Waals surface area contributed by atoms with Crippen molar-refractivity contribution in [3.8, 4) is 5.75 Å². The monoisotopic (exact) mass is 323 g/mol. The van der Waals surface area contributed by atoms with Crippen molar-refractivity contribution in [2.45, 2.75) is 45.3 Å². The van der Waals surface area contributed by atoms with Crippen molar-refractivity contribution in [1.29, 1.82) is 0 Å². The second-order valence-corrected chi connectivity index (χ2v) is 6.48. The summed E-state index contributed by atoms with van der Waals surface area (Å²) in [4.78, 5) is 11.3. The van der Waals surface area contributed by atoms with Crippen LogP contribution >= 0.6 is 0 Å². The van der Waals surface area contributed by atoms with E-state index >= 15 is 0 Å². The summed E-state index contributed by atoms with van der Waals surface area (Å²) in [5.41, 5.74) is 2.50. The zero-order valence-electron chi connectivity index (χ0n) is 13.8. The number of fused-ring (bicyclic) bond motifs is 3. The maximum Gasteiger partial charge on any atom is 0.335 e. The Hall–Kier alpha value is -2.49. The highest BCUT2D eigenvalue weighted by Gasteiger charge is 2.18. The topological polar surface area (TPSA) is 51.5 Å². The number of hydrogen-bond acceptors (Lipinski definition) is 2. The highest BCUT2D eigenvalue weighted by molar-refractivity contribution is 6.10. The molecule has 24 heavy (non-hydrogen) atoms. The van der Waals surface area contributed by atoms with Gasteiger partial charge in [-0.1, -0.05) is 0 Å². The molecule has 4 rings (SSSR count). The zero-order chi connectivity index (χ0) is 16.7. The number of rotatable bonds is 4. The van der Waals surface area contributed by atoms with Gasteiger partial charge >= 0.3 is 5.97 Å². The van der Waals surface area contributed by atoms with Gasteiger partial charge in [-0.3, -0.25) is 0 Å². The predicted octanol–water partition coefficient (Wildman–Crippen LogP) is 4.83. The van der Waals surface area contributed by atoms with Crippen LogP contribution in [0.1, 0.15) is 43.0 Å². The molecule has 3 aromatic rings. The highest BCUT2D eigenvalue weighted by Crippen LogP contribution is 2.33. The molecule has 0 unspecified atom stereocenters. The Bertz CT molecular complexity index is 919. The molecule has 0 aliphatic heterocycles. The van der Waals surface area contributed by atoms with E-state index in [4.69, 9.17) is 4.74 Å². The lowest BCUT2D eigenvalue weighted by atomic mass is 10.1. The van der Waals surface area contributed by atoms with E-state index in [1.807, 2.05) is 12.1 Å². The molecular formula is C20H21NO3. The summed E-state index contributed by atoms with van der Waals surface area (Å²) in [6, 6.07) is 11.5. The molecule has 1 saturated carbocycles.